The highest BCUT2D eigenvalue weighted by atomic mass is 16.3. The molecule has 11 rings (SSSR count). The molecular weight excluding hydrogens is 703 g/mol. The maximum atomic E-state index is 6.49. The molecule has 58 heavy (non-hydrogen) atoms. The Morgan fingerprint density at radius 3 is 1.47 bits per heavy atom. The molecule has 0 aliphatic carbocycles. The molecule has 0 bridgehead atoms. The van der Waals surface area contributed by atoms with Crippen LogP contribution in [0.4, 0.5) is 17.1 Å². The summed E-state index contributed by atoms with van der Waals surface area (Å²) < 4.78 is 6.49. The molecule has 0 aliphatic heterocycles. The van der Waals surface area contributed by atoms with Crippen LogP contribution in [-0.2, 0) is 0 Å². The van der Waals surface area contributed by atoms with E-state index in [0.29, 0.717) is 0 Å². The van der Waals surface area contributed by atoms with E-state index in [1.165, 1.54) is 43.8 Å². The number of rotatable bonds is 7. The largest absolute Gasteiger partial charge is 0.455 e. The van der Waals surface area contributed by atoms with Gasteiger partial charge in [-0.15, -0.1) is 0 Å². The van der Waals surface area contributed by atoms with Crippen molar-refractivity contribution in [3.05, 3.63) is 224 Å². The van der Waals surface area contributed by atoms with E-state index < -0.39 is 0 Å². The van der Waals surface area contributed by atoms with E-state index in [1.807, 2.05) is 6.07 Å². The molecule has 0 amide bonds. The maximum Gasteiger partial charge on any atom is 0.143 e. The van der Waals surface area contributed by atoms with Crippen LogP contribution in [0.25, 0.3) is 88.0 Å². The molecular formula is C56H37NO. The Labute approximate surface area is 337 Å². The highest BCUT2D eigenvalue weighted by Crippen LogP contribution is 2.41. The van der Waals surface area contributed by atoms with E-state index in [-0.39, 0.29) is 0 Å². The van der Waals surface area contributed by atoms with Crippen LogP contribution in [0.5, 0.6) is 0 Å². The Kier molecular flexibility index (Phi) is 8.19. The second-order valence-corrected chi connectivity index (χ2v) is 14.9. The molecule has 0 aliphatic rings. The van der Waals surface area contributed by atoms with E-state index in [9.17, 15) is 0 Å². The second-order valence-electron chi connectivity index (χ2n) is 14.9. The molecule has 0 saturated carbocycles. The Morgan fingerprint density at radius 2 is 0.776 bits per heavy atom. The number of benzene rings is 10. The first kappa shape index (κ1) is 33.6. The predicted molar refractivity (Wildman–Crippen MR) is 245 cm³/mol. The molecule has 10 aromatic carbocycles. The lowest BCUT2D eigenvalue weighted by Crippen LogP contribution is -2.09. The smallest absolute Gasteiger partial charge is 0.143 e. The van der Waals surface area contributed by atoms with Gasteiger partial charge in [-0.25, -0.2) is 0 Å². The summed E-state index contributed by atoms with van der Waals surface area (Å²) in [6, 6.07) is 80.6. The summed E-state index contributed by atoms with van der Waals surface area (Å²) in [7, 11) is 0. The van der Waals surface area contributed by atoms with Crippen molar-refractivity contribution in [2.24, 2.45) is 0 Å². The van der Waals surface area contributed by atoms with Crippen LogP contribution in [-0.4, -0.2) is 0 Å². The number of fused-ring (bicyclic) bond motifs is 6. The lowest BCUT2D eigenvalue weighted by Gasteiger charge is -2.26. The van der Waals surface area contributed by atoms with E-state index in [4.69, 9.17) is 4.42 Å². The summed E-state index contributed by atoms with van der Waals surface area (Å²) in [6.07, 6.45) is 0. The molecule has 0 atom stereocenters. The van der Waals surface area contributed by atoms with Crippen LogP contribution >= 0.6 is 0 Å². The van der Waals surface area contributed by atoms with Crippen LogP contribution in [0, 0.1) is 0 Å². The molecule has 11 aromatic rings. The van der Waals surface area contributed by atoms with Gasteiger partial charge in [0.2, 0.25) is 0 Å². The zero-order valence-corrected chi connectivity index (χ0v) is 31.7. The van der Waals surface area contributed by atoms with Gasteiger partial charge < -0.3 is 9.32 Å². The van der Waals surface area contributed by atoms with Crippen molar-refractivity contribution in [2.75, 3.05) is 4.90 Å². The molecule has 0 fully saturated rings. The minimum atomic E-state index is 0.893. The van der Waals surface area contributed by atoms with Crippen molar-refractivity contribution in [2.45, 2.75) is 0 Å². The van der Waals surface area contributed by atoms with Gasteiger partial charge in [0.25, 0.3) is 0 Å². The van der Waals surface area contributed by atoms with Crippen LogP contribution < -0.4 is 4.90 Å². The van der Waals surface area contributed by atoms with Gasteiger partial charge in [0, 0.05) is 33.4 Å². The Morgan fingerprint density at radius 1 is 0.276 bits per heavy atom. The third-order valence-corrected chi connectivity index (χ3v) is 11.5. The average Bonchev–Trinajstić information content (AvgIpc) is 3.68. The first-order chi connectivity index (χ1) is 28.7. The summed E-state index contributed by atoms with van der Waals surface area (Å²) in [6.45, 7) is 0. The molecule has 2 heteroatoms. The first-order valence-corrected chi connectivity index (χ1v) is 19.8. The van der Waals surface area contributed by atoms with E-state index in [1.54, 1.807) is 0 Å². The van der Waals surface area contributed by atoms with Crippen LogP contribution in [0.1, 0.15) is 0 Å². The molecule has 0 unspecified atom stereocenters. The van der Waals surface area contributed by atoms with Crippen molar-refractivity contribution in [1.29, 1.82) is 0 Å². The van der Waals surface area contributed by atoms with Crippen LogP contribution in [0.3, 0.4) is 0 Å². The lowest BCUT2D eigenvalue weighted by atomic mass is 9.99. The third kappa shape index (κ3) is 6.00. The van der Waals surface area contributed by atoms with Gasteiger partial charge in [0.1, 0.15) is 11.2 Å². The number of furan rings is 1. The van der Waals surface area contributed by atoms with Crippen LogP contribution in [0.15, 0.2) is 229 Å². The van der Waals surface area contributed by atoms with Crippen LogP contribution in [0.2, 0.25) is 0 Å². The highest BCUT2D eigenvalue weighted by molar-refractivity contribution is 6.11. The number of anilines is 3. The third-order valence-electron chi connectivity index (χ3n) is 11.5. The highest BCUT2D eigenvalue weighted by Gasteiger charge is 2.16. The molecule has 0 radical (unpaired) electrons. The molecule has 1 aromatic heterocycles. The normalized spacial score (nSPS) is 11.4. The van der Waals surface area contributed by atoms with Gasteiger partial charge in [0.05, 0.1) is 0 Å². The standard InChI is InChI=1S/C56H37NO/c1-3-10-38(11-4-1)39-18-20-40(21-19-39)41-24-29-47(30-25-41)57(49-33-34-51-46(36-49)23-22-44-14-7-8-15-50(44)51)48-31-26-42(27-32-48)45-28-35-55-54(37-45)53-17-9-16-52(56(53)58-55)43-12-5-2-6-13-43/h1-37H. The Balaban J connectivity index is 0.966. The summed E-state index contributed by atoms with van der Waals surface area (Å²) >= 11 is 0. The van der Waals surface area contributed by atoms with Gasteiger partial charge in [-0.05, 0) is 109 Å². The first-order valence-electron chi connectivity index (χ1n) is 19.8. The SMILES string of the molecule is c1ccc(-c2ccc(-c3ccc(N(c4ccc(-c5ccc6oc7c(-c8ccccc8)cccc7c6c5)cc4)c4ccc5c(ccc6ccccc65)c4)cc3)cc2)cc1. The van der Waals surface area contributed by atoms with Gasteiger partial charge in [-0.1, -0.05) is 176 Å². The Hall–Kier alpha value is -7.68. The number of para-hydroxylation sites is 1. The average molecular weight is 740 g/mol. The van der Waals surface area contributed by atoms with Crippen molar-refractivity contribution in [3.8, 4) is 44.5 Å². The fourth-order valence-electron chi connectivity index (χ4n) is 8.50. The molecule has 0 saturated heterocycles. The number of hydrogen-bond donors (Lipinski definition) is 0. The zero-order valence-electron chi connectivity index (χ0n) is 31.7. The number of hydrogen-bond acceptors (Lipinski definition) is 2. The second kappa shape index (κ2) is 14.1. The molecule has 272 valence electrons. The van der Waals surface area contributed by atoms with E-state index in [0.717, 1.165) is 61.3 Å². The van der Waals surface area contributed by atoms with Crippen molar-refractivity contribution < 1.29 is 4.42 Å². The molecule has 0 N–H and O–H groups in total. The van der Waals surface area contributed by atoms with Gasteiger partial charge in [-0.2, -0.15) is 0 Å². The topological polar surface area (TPSA) is 16.4 Å². The van der Waals surface area contributed by atoms with E-state index >= 15 is 0 Å². The molecule has 1 heterocycles. The predicted octanol–water partition coefficient (Wildman–Crippen LogP) is 16.0. The minimum absolute atomic E-state index is 0.893. The van der Waals surface area contributed by atoms with Gasteiger partial charge in [-0.3, -0.25) is 0 Å². The van der Waals surface area contributed by atoms with Crippen molar-refractivity contribution >= 4 is 60.5 Å². The van der Waals surface area contributed by atoms with E-state index in [2.05, 4.69) is 223 Å². The molecule has 0 spiro atoms. The van der Waals surface area contributed by atoms with Gasteiger partial charge in [0.15, 0.2) is 0 Å². The van der Waals surface area contributed by atoms with Gasteiger partial charge >= 0.3 is 0 Å². The number of nitrogens with zero attached hydrogens (tertiary/aromatic N) is 1. The lowest BCUT2D eigenvalue weighted by molar-refractivity contribution is 0.670. The molecule has 2 nitrogen and oxygen atoms in total. The summed E-state index contributed by atoms with van der Waals surface area (Å²) in [5.41, 5.74) is 14.5. The fourth-order valence-corrected chi connectivity index (χ4v) is 8.50. The zero-order chi connectivity index (χ0) is 38.4. The maximum absolute atomic E-state index is 6.49. The van der Waals surface area contributed by atoms with Crippen molar-refractivity contribution in [3.63, 3.8) is 0 Å². The summed E-state index contributed by atoms with van der Waals surface area (Å²) in [5.74, 6) is 0. The monoisotopic (exact) mass is 739 g/mol. The Bertz CT molecular complexity index is 3240. The fraction of sp³-hybridized carbons (Fsp3) is 0. The summed E-state index contributed by atoms with van der Waals surface area (Å²) in [5, 5.41) is 7.23. The quantitative estimate of drug-likeness (QED) is 0.151. The summed E-state index contributed by atoms with van der Waals surface area (Å²) in [4.78, 5) is 2.36. The minimum Gasteiger partial charge on any atom is -0.455 e. The van der Waals surface area contributed by atoms with Crippen molar-refractivity contribution in [1.82, 2.24) is 0 Å².